The van der Waals surface area contributed by atoms with Crippen LogP contribution in [-0.4, -0.2) is 40.7 Å². The van der Waals surface area contributed by atoms with Gasteiger partial charge in [0.2, 0.25) is 0 Å². The minimum Gasteiger partial charge on any atom is -0.496 e. The van der Waals surface area contributed by atoms with Gasteiger partial charge in [-0.05, 0) is 51.8 Å². The Morgan fingerprint density at radius 3 is 2.68 bits per heavy atom. The van der Waals surface area contributed by atoms with E-state index in [9.17, 15) is 9.59 Å². The van der Waals surface area contributed by atoms with Crippen molar-refractivity contribution in [1.29, 1.82) is 0 Å². The third kappa shape index (κ3) is 4.13. The Morgan fingerprint density at radius 1 is 1.06 bits per heavy atom. The fraction of sp³-hybridized carbons (Fsp3) is 0.0909. The van der Waals surface area contributed by atoms with E-state index in [1.807, 2.05) is 24.4 Å². The molecule has 156 valence electrons. The molecule has 0 saturated carbocycles. The molecule has 2 aromatic heterocycles. The lowest BCUT2D eigenvalue weighted by Crippen LogP contribution is -2.12. The largest absolute Gasteiger partial charge is 0.496 e. The number of amides is 1. The summed E-state index contributed by atoms with van der Waals surface area (Å²) in [6.45, 7) is 0. The van der Waals surface area contributed by atoms with Crippen LogP contribution in [0.2, 0.25) is 0 Å². The molecule has 0 unspecified atom stereocenters. The Kier molecular flexibility index (Phi) is 5.68. The Labute approximate surface area is 185 Å². The quantitative estimate of drug-likeness (QED) is 0.430. The summed E-state index contributed by atoms with van der Waals surface area (Å²) in [5, 5.41) is 7.00. The van der Waals surface area contributed by atoms with Crippen LogP contribution in [0.3, 0.4) is 0 Å². The molecule has 8 nitrogen and oxygen atoms in total. The van der Waals surface area contributed by atoms with Crippen molar-refractivity contribution in [2.45, 2.75) is 0 Å². The second-order valence-corrected chi connectivity index (χ2v) is 7.40. The van der Waals surface area contributed by atoms with Crippen molar-refractivity contribution >= 4 is 39.1 Å². The van der Waals surface area contributed by atoms with E-state index in [0.717, 1.165) is 15.6 Å². The van der Waals surface area contributed by atoms with E-state index in [1.54, 1.807) is 34.8 Å². The summed E-state index contributed by atoms with van der Waals surface area (Å²) in [5.74, 6) is -0.502. The number of esters is 1. The van der Waals surface area contributed by atoms with Gasteiger partial charge in [0.15, 0.2) is 5.65 Å². The molecule has 0 spiro atoms. The molecule has 0 bridgehead atoms. The lowest BCUT2D eigenvalue weighted by molar-refractivity contribution is 0.0597. The molecule has 0 radical (unpaired) electrons. The molecule has 1 N–H and O–H groups in total. The monoisotopic (exact) mass is 480 g/mol. The number of methoxy groups -OCH3 is 2. The van der Waals surface area contributed by atoms with Gasteiger partial charge < -0.3 is 14.8 Å². The summed E-state index contributed by atoms with van der Waals surface area (Å²) in [6, 6.07) is 13.9. The molecule has 4 aromatic rings. The predicted molar refractivity (Wildman–Crippen MR) is 118 cm³/mol. The second kappa shape index (κ2) is 8.57. The number of fused-ring (bicyclic) bond motifs is 1. The van der Waals surface area contributed by atoms with E-state index in [0.29, 0.717) is 22.6 Å². The average molecular weight is 481 g/mol. The molecule has 2 heterocycles. The number of carbonyl (C=O) groups is 2. The van der Waals surface area contributed by atoms with Gasteiger partial charge in [0.05, 0.1) is 18.7 Å². The third-order valence-corrected chi connectivity index (χ3v) is 5.24. The molecule has 9 heteroatoms. The van der Waals surface area contributed by atoms with Crippen molar-refractivity contribution in [3.05, 3.63) is 76.7 Å². The first-order valence-electron chi connectivity index (χ1n) is 9.17. The number of hydrogen-bond acceptors (Lipinski definition) is 6. The van der Waals surface area contributed by atoms with Gasteiger partial charge in [0.25, 0.3) is 5.91 Å². The molecule has 0 aliphatic rings. The smallest absolute Gasteiger partial charge is 0.341 e. The molecular weight excluding hydrogens is 464 g/mol. The highest BCUT2D eigenvalue weighted by Crippen LogP contribution is 2.27. The first kappa shape index (κ1) is 20.5. The number of aromatic nitrogens is 3. The minimum atomic E-state index is -0.516. The number of nitrogens with one attached hydrogen (secondary N) is 1. The zero-order valence-corrected chi connectivity index (χ0v) is 18.2. The summed E-state index contributed by atoms with van der Waals surface area (Å²) in [4.78, 5) is 28.8. The first-order chi connectivity index (χ1) is 15.0. The van der Waals surface area contributed by atoms with Crippen LogP contribution in [-0.2, 0) is 4.74 Å². The summed E-state index contributed by atoms with van der Waals surface area (Å²) in [6.07, 6.45) is 3.33. The zero-order chi connectivity index (χ0) is 22.0. The maximum atomic E-state index is 12.8. The molecule has 0 saturated heterocycles. The molecule has 0 aliphatic carbocycles. The van der Waals surface area contributed by atoms with E-state index in [1.165, 1.54) is 20.5 Å². The molecule has 2 aromatic carbocycles. The number of hydrogen-bond donors (Lipinski definition) is 1. The SMILES string of the molecule is COC(=O)c1ccc(NC(=O)c2cccc(-c3cc(Br)c4ncnn4c3)c2)cc1OC. The van der Waals surface area contributed by atoms with Crippen molar-refractivity contribution in [3.8, 4) is 16.9 Å². The zero-order valence-electron chi connectivity index (χ0n) is 16.6. The third-order valence-electron chi connectivity index (χ3n) is 4.65. The van der Waals surface area contributed by atoms with Crippen LogP contribution in [0, 0.1) is 0 Å². The van der Waals surface area contributed by atoms with Crippen molar-refractivity contribution < 1.29 is 19.1 Å². The van der Waals surface area contributed by atoms with Gasteiger partial charge in [-0.3, -0.25) is 4.79 Å². The van der Waals surface area contributed by atoms with Crippen molar-refractivity contribution in [1.82, 2.24) is 14.6 Å². The van der Waals surface area contributed by atoms with Gasteiger partial charge in [0.1, 0.15) is 17.6 Å². The van der Waals surface area contributed by atoms with Gasteiger partial charge in [-0.2, -0.15) is 5.10 Å². The number of nitrogens with zero attached hydrogens (tertiary/aromatic N) is 3. The lowest BCUT2D eigenvalue weighted by atomic mass is 10.0. The van der Waals surface area contributed by atoms with Crippen LogP contribution in [0.15, 0.2) is 65.5 Å². The highest BCUT2D eigenvalue weighted by atomic mass is 79.9. The van der Waals surface area contributed by atoms with Crippen LogP contribution in [0.4, 0.5) is 5.69 Å². The summed E-state index contributed by atoms with van der Waals surface area (Å²) >= 11 is 3.50. The number of anilines is 1. The highest BCUT2D eigenvalue weighted by molar-refractivity contribution is 9.10. The summed E-state index contributed by atoms with van der Waals surface area (Å²) in [7, 11) is 2.74. The fourth-order valence-corrected chi connectivity index (χ4v) is 3.67. The normalized spacial score (nSPS) is 10.7. The number of halogens is 1. The van der Waals surface area contributed by atoms with Crippen LogP contribution in [0.1, 0.15) is 20.7 Å². The number of pyridine rings is 1. The second-order valence-electron chi connectivity index (χ2n) is 6.55. The Hall–Kier alpha value is -3.72. The summed E-state index contributed by atoms with van der Waals surface area (Å²) < 4.78 is 12.4. The highest BCUT2D eigenvalue weighted by Gasteiger charge is 2.15. The molecule has 0 fully saturated rings. The van der Waals surface area contributed by atoms with Crippen molar-refractivity contribution in [2.75, 3.05) is 19.5 Å². The maximum absolute atomic E-state index is 12.8. The summed E-state index contributed by atoms with van der Waals surface area (Å²) in [5.41, 5.74) is 3.68. The van der Waals surface area contributed by atoms with Crippen LogP contribution >= 0.6 is 15.9 Å². The average Bonchev–Trinajstić information content (AvgIpc) is 3.28. The van der Waals surface area contributed by atoms with E-state index in [4.69, 9.17) is 9.47 Å². The Bertz CT molecular complexity index is 1300. The van der Waals surface area contributed by atoms with Gasteiger partial charge in [-0.15, -0.1) is 0 Å². The molecule has 0 atom stereocenters. The van der Waals surface area contributed by atoms with E-state index in [2.05, 4.69) is 31.3 Å². The van der Waals surface area contributed by atoms with Crippen LogP contribution in [0.25, 0.3) is 16.8 Å². The standard InChI is InChI=1S/C22H17BrN4O4/c1-30-19-10-16(6-7-17(19)22(29)31-2)26-21(28)14-5-3-4-13(8-14)15-9-18(23)20-24-12-25-27(20)11-15/h3-12H,1-2H3,(H,26,28). The maximum Gasteiger partial charge on any atom is 0.341 e. The van der Waals surface area contributed by atoms with Gasteiger partial charge in [-0.25, -0.2) is 14.3 Å². The van der Waals surface area contributed by atoms with Gasteiger partial charge in [0, 0.05) is 29.1 Å². The Morgan fingerprint density at radius 2 is 1.90 bits per heavy atom. The molecule has 31 heavy (non-hydrogen) atoms. The van der Waals surface area contributed by atoms with Crippen LogP contribution in [0.5, 0.6) is 5.75 Å². The van der Waals surface area contributed by atoms with E-state index in [-0.39, 0.29) is 11.5 Å². The fourth-order valence-electron chi connectivity index (χ4n) is 3.13. The lowest BCUT2D eigenvalue weighted by Gasteiger charge is -2.11. The van der Waals surface area contributed by atoms with Gasteiger partial charge in [-0.1, -0.05) is 12.1 Å². The molecule has 4 rings (SSSR count). The topological polar surface area (TPSA) is 94.8 Å². The number of rotatable bonds is 5. The predicted octanol–water partition coefficient (Wildman–Crippen LogP) is 4.21. The first-order valence-corrected chi connectivity index (χ1v) is 9.96. The number of benzene rings is 2. The molecule has 0 aliphatic heterocycles. The van der Waals surface area contributed by atoms with Crippen molar-refractivity contribution in [3.63, 3.8) is 0 Å². The Balaban J connectivity index is 1.60. The molecule has 1 amide bonds. The van der Waals surface area contributed by atoms with Gasteiger partial charge >= 0.3 is 5.97 Å². The molecular formula is C22H17BrN4O4. The van der Waals surface area contributed by atoms with E-state index >= 15 is 0 Å². The van der Waals surface area contributed by atoms with E-state index < -0.39 is 5.97 Å². The van der Waals surface area contributed by atoms with Crippen LogP contribution < -0.4 is 10.1 Å². The minimum absolute atomic E-state index is 0.277. The number of carbonyl (C=O) groups excluding carboxylic acids is 2. The number of ether oxygens (including phenoxy) is 2. The van der Waals surface area contributed by atoms with Crippen molar-refractivity contribution in [2.24, 2.45) is 0 Å².